The standard InChI is InChI=1S/C20H25NO4S/c1-17-6-5-7-19(16-17)25-15-14-24-18-8-10-20(11-9-18)26(22,23)21-12-3-2-4-13-21/h5-11,16H,2-4,12-15H2,1H3. The lowest BCUT2D eigenvalue weighted by Crippen LogP contribution is -2.35. The Morgan fingerprint density at radius 1 is 0.885 bits per heavy atom. The summed E-state index contributed by atoms with van der Waals surface area (Å²) in [6.07, 6.45) is 2.96. The Labute approximate surface area is 155 Å². The van der Waals surface area contributed by atoms with Gasteiger partial charge in [0.15, 0.2) is 0 Å². The van der Waals surface area contributed by atoms with Gasteiger partial charge in [0.2, 0.25) is 10.0 Å². The number of ether oxygens (including phenoxy) is 2. The molecule has 1 aliphatic rings. The minimum Gasteiger partial charge on any atom is -0.490 e. The van der Waals surface area contributed by atoms with Crippen LogP contribution in [-0.4, -0.2) is 39.0 Å². The molecule has 0 unspecified atom stereocenters. The first-order chi connectivity index (χ1) is 12.6. The van der Waals surface area contributed by atoms with Gasteiger partial charge in [-0.25, -0.2) is 8.42 Å². The Bertz CT molecular complexity index is 812. The van der Waals surface area contributed by atoms with Crippen molar-refractivity contribution < 1.29 is 17.9 Å². The van der Waals surface area contributed by atoms with Gasteiger partial charge in [-0.05, 0) is 61.7 Å². The zero-order chi connectivity index (χ0) is 18.4. The number of piperidine rings is 1. The van der Waals surface area contributed by atoms with E-state index < -0.39 is 10.0 Å². The van der Waals surface area contributed by atoms with Crippen LogP contribution in [0.5, 0.6) is 11.5 Å². The van der Waals surface area contributed by atoms with Crippen LogP contribution in [0.25, 0.3) is 0 Å². The average molecular weight is 375 g/mol. The van der Waals surface area contributed by atoms with Gasteiger partial charge >= 0.3 is 0 Å². The predicted octanol–water partition coefficient (Wildman–Crippen LogP) is 3.63. The zero-order valence-electron chi connectivity index (χ0n) is 15.1. The van der Waals surface area contributed by atoms with E-state index in [2.05, 4.69) is 0 Å². The van der Waals surface area contributed by atoms with Crippen LogP contribution in [0.3, 0.4) is 0 Å². The fraction of sp³-hybridized carbons (Fsp3) is 0.400. The summed E-state index contributed by atoms with van der Waals surface area (Å²) in [4.78, 5) is 0.322. The second kappa shape index (κ2) is 8.56. The number of sulfonamides is 1. The molecule has 0 aliphatic carbocycles. The lowest BCUT2D eigenvalue weighted by molar-refractivity contribution is 0.217. The molecule has 0 N–H and O–H groups in total. The van der Waals surface area contributed by atoms with E-state index >= 15 is 0 Å². The molecule has 1 saturated heterocycles. The van der Waals surface area contributed by atoms with E-state index in [0.29, 0.717) is 36.9 Å². The van der Waals surface area contributed by atoms with Crippen LogP contribution in [0, 0.1) is 6.92 Å². The van der Waals surface area contributed by atoms with Crippen LogP contribution in [0.15, 0.2) is 53.4 Å². The smallest absolute Gasteiger partial charge is 0.243 e. The third-order valence-corrected chi connectivity index (χ3v) is 6.30. The van der Waals surface area contributed by atoms with Crippen molar-refractivity contribution in [2.24, 2.45) is 0 Å². The lowest BCUT2D eigenvalue weighted by Gasteiger charge is -2.25. The summed E-state index contributed by atoms with van der Waals surface area (Å²) in [6, 6.07) is 14.5. The molecule has 0 spiro atoms. The fourth-order valence-electron chi connectivity index (χ4n) is 2.99. The Morgan fingerprint density at radius 2 is 1.54 bits per heavy atom. The van der Waals surface area contributed by atoms with E-state index in [1.54, 1.807) is 28.6 Å². The number of rotatable bonds is 7. The first-order valence-electron chi connectivity index (χ1n) is 8.98. The maximum Gasteiger partial charge on any atom is 0.243 e. The largest absolute Gasteiger partial charge is 0.490 e. The van der Waals surface area contributed by atoms with E-state index in [-0.39, 0.29) is 0 Å². The summed E-state index contributed by atoms with van der Waals surface area (Å²) >= 11 is 0. The van der Waals surface area contributed by atoms with Crippen LogP contribution < -0.4 is 9.47 Å². The lowest BCUT2D eigenvalue weighted by atomic mass is 10.2. The molecule has 0 bridgehead atoms. The van der Waals surface area contributed by atoms with Gasteiger partial charge in [0, 0.05) is 13.1 Å². The van der Waals surface area contributed by atoms with Gasteiger partial charge < -0.3 is 9.47 Å². The third kappa shape index (κ3) is 4.77. The molecule has 0 amide bonds. The molecule has 0 atom stereocenters. The van der Waals surface area contributed by atoms with Crippen molar-refractivity contribution in [2.75, 3.05) is 26.3 Å². The first kappa shape index (κ1) is 18.7. The van der Waals surface area contributed by atoms with Gasteiger partial charge in [0.1, 0.15) is 24.7 Å². The Morgan fingerprint density at radius 3 is 2.19 bits per heavy atom. The van der Waals surface area contributed by atoms with E-state index in [0.717, 1.165) is 30.6 Å². The zero-order valence-corrected chi connectivity index (χ0v) is 15.9. The van der Waals surface area contributed by atoms with Crippen molar-refractivity contribution in [1.29, 1.82) is 0 Å². The van der Waals surface area contributed by atoms with Crippen molar-refractivity contribution in [1.82, 2.24) is 4.31 Å². The van der Waals surface area contributed by atoms with E-state index in [1.807, 2.05) is 31.2 Å². The molecule has 1 fully saturated rings. The van der Waals surface area contributed by atoms with Crippen LogP contribution >= 0.6 is 0 Å². The molecule has 5 nitrogen and oxygen atoms in total. The second-order valence-corrected chi connectivity index (χ2v) is 8.39. The Balaban J connectivity index is 1.51. The number of benzene rings is 2. The van der Waals surface area contributed by atoms with Gasteiger partial charge in [-0.1, -0.05) is 18.6 Å². The summed E-state index contributed by atoms with van der Waals surface area (Å²) in [5.41, 5.74) is 1.15. The van der Waals surface area contributed by atoms with E-state index in [4.69, 9.17) is 9.47 Å². The van der Waals surface area contributed by atoms with Crippen molar-refractivity contribution in [3.05, 3.63) is 54.1 Å². The molecule has 140 valence electrons. The number of nitrogens with zero attached hydrogens (tertiary/aromatic N) is 1. The van der Waals surface area contributed by atoms with Gasteiger partial charge in [-0.2, -0.15) is 4.31 Å². The topological polar surface area (TPSA) is 55.8 Å². The molecule has 0 aromatic heterocycles. The molecule has 2 aromatic carbocycles. The first-order valence-corrected chi connectivity index (χ1v) is 10.4. The van der Waals surface area contributed by atoms with Crippen molar-refractivity contribution >= 4 is 10.0 Å². The maximum atomic E-state index is 12.6. The van der Waals surface area contributed by atoms with Crippen LogP contribution in [0.1, 0.15) is 24.8 Å². The van der Waals surface area contributed by atoms with E-state index in [1.165, 1.54) is 0 Å². The predicted molar refractivity (Wildman–Crippen MR) is 101 cm³/mol. The number of aryl methyl sites for hydroxylation is 1. The Hall–Kier alpha value is -2.05. The SMILES string of the molecule is Cc1cccc(OCCOc2ccc(S(=O)(=O)N3CCCCC3)cc2)c1. The quantitative estimate of drug-likeness (QED) is 0.694. The van der Waals surface area contributed by atoms with Gasteiger partial charge in [-0.15, -0.1) is 0 Å². The molecule has 2 aromatic rings. The molecular formula is C20H25NO4S. The molecule has 6 heteroatoms. The average Bonchev–Trinajstić information content (AvgIpc) is 2.66. The molecular weight excluding hydrogens is 350 g/mol. The Kier molecular flexibility index (Phi) is 6.16. The highest BCUT2D eigenvalue weighted by atomic mass is 32.2. The van der Waals surface area contributed by atoms with Crippen LogP contribution in [0.2, 0.25) is 0 Å². The molecule has 1 heterocycles. The van der Waals surface area contributed by atoms with Crippen molar-refractivity contribution in [3.8, 4) is 11.5 Å². The summed E-state index contributed by atoms with van der Waals surface area (Å²) in [7, 11) is -3.39. The van der Waals surface area contributed by atoms with E-state index in [9.17, 15) is 8.42 Å². The van der Waals surface area contributed by atoms with Gasteiger partial charge in [0.25, 0.3) is 0 Å². The summed E-state index contributed by atoms with van der Waals surface area (Å²) in [6.45, 7) is 4.06. The van der Waals surface area contributed by atoms with Crippen molar-refractivity contribution in [2.45, 2.75) is 31.1 Å². The number of hydrogen-bond acceptors (Lipinski definition) is 4. The highest BCUT2D eigenvalue weighted by molar-refractivity contribution is 7.89. The molecule has 0 radical (unpaired) electrons. The van der Waals surface area contributed by atoms with Gasteiger partial charge in [0.05, 0.1) is 4.90 Å². The maximum absolute atomic E-state index is 12.6. The molecule has 26 heavy (non-hydrogen) atoms. The second-order valence-electron chi connectivity index (χ2n) is 6.45. The highest BCUT2D eigenvalue weighted by Gasteiger charge is 2.25. The fourth-order valence-corrected chi connectivity index (χ4v) is 4.50. The normalized spacial score (nSPS) is 15.6. The van der Waals surface area contributed by atoms with Gasteiger partial charge in [-0.3, -0.25) is 0 Å². The molecule has 0 saturated carbocycles. The van der Waals surface area contributed by atoms with Crippen LogP contribution in [0.4, 0.5) is 0 Å². The third-order valence-electron chi connectivity index (χ3n) is 4.39. The van der Waals surface area contributed by atoms with Crippen LogP contribution in [-0.2, 0) is 10.0 Å². The number of hydrogen-bond donors (Lipinski definition) is 0. The molecule has 1 aliphatic heterocycles. The monoisotopic (exact) mass is 375 g/mol. The minimum atomic E-state index is -3.39. The summed E-state index contributed by atoms with van der Waals surface area (Å²) < 4.78 is 38.1. The summed E-state index contributed by atoms with van der Waals surface area (Å²) in [5.74, 6) is 1.45. The highest BCUT2D eigenvalue weighted by Crippen LogP contribution is 2.22. The van der Waals surface area contributed by atoms with Crippen molar-refractivity contribution in [3.63, 3.8) is 0 Å². The molecule has 3 rings (SSSR count). The minimum absolute atomic E-state index is 0.322. The summed E-state index contributed by atoms with van der Waals surface area (Å²) in [5, 5.41) is 0.